The Morgan fingerprint density at radius 3 is 2.88 bits per heavy atom. The molecule has 0 saturated heterocycles. The van der Waals surface area contributed by atoms with Gasteiger partial charge in [0, 0.05) is 18.1 Å². The van der Waals surface area contributed by atoms with E-state index in [1.807, 2.05) is 0 Å². The molecule has 1 rings (SSSR count). The van der Waals surface area contributed by atoms with Gasteiger partial charge in [-0.3, -0.25) is 0 Å². The molecule has 0 aliphatic heterocycles. The van der Waals surface area contributed by atoms with E-state index in [1.165, 1.54) is 0 Å². The lowest BCUT2D eigenvalue weighted by Gasteiger charge is -2.04. The van der Waals surface area contributed by atoms with Gasteiger partial charge >= 0.3 is 0 Å². The number of nitrogens with one attached hydrogen (secondary N) is 1. The van der Waals surface area contributed by atoms with E-state index in [2.05, 4.69) is 16.3 Å². The number of thioether (sulfide) groups is 1. The lowest BCUT2D eigenvalue weighted by molar-refractivity contribution is 0.585. The van der Waals surface area contributed by atoms with Gasteiger partial charge < -0.3 is 5.73 Å². The maximum absolute atomic E-state index is 11.9. The second-order valence-electron chi connectivity index (χ2n) is 3.19. The third kappa shape index (κ3) is 4.30. The molecule has 0 spiro atoms. The van der Waals surface area contributed by atoms with Gasteiger partial charge in [-0.25, -0.2) is 18.1 Å². The molecule has 1 aromatic rings. The monoisotopic (exact) mass is 293 g/mol. The Balaban J connectivity index is 2.57. The summed E-state index contributed by atoms with van der Waals surface area (Å²) in [4.78, 5) is 3.89. The third-order valence-electron chi connectivity index (χ3n) is 1.79. The van der Waals surface area contributed by atoms with Crippen molar-refractivity contribution in [1.82, 2.24) is 9.71 Å². The Kier molecular flexibility index (Phi) is 5.44. The van der Waals surface area contributed by atoms with E-state index >= 15 is 0 Å². The second-order valence-corrected chi connectivity index (χ2v) is 7.33. The molecule has 0 amide bonds. The molecule has 0 unspecified atom stereocenters. The van der Waals surface area contributed by atoms with Gasteiger partial charge in [-0.1, -0.05) is 17.4 Å². The van der Waals surface area contributed by atoms with Crippen LogP contribution < -0.4 is 10.5 Å². The van der Waals surface area contributed by atoms with Crippen molar-refractivity contribution in [3.63, 3.8) is 0 Å². The highest BCUT2D eigenvalue weighted by molar-refractivity contribution is 7.99. The van der Waals surface area contributed by atoms with Crippen molar-refractivity contribution in [2.45, 2.75) is 11.1 Å². The number of thiazole rings is 1. The molecular formula is C9H15N3O2S3. The van der Waals surface area contributed by atoms with Crippen molar-refractivity contribution in [3.05, 3.63) is 18.3 Å². The van der Waals surface area contributed by atoms with Crippen LogP contribution >= 0.6 is 23.1 Å². The Bertz CT molecular complexity index is 482. The zero-order valence-electron chi connectivity index (χ0n) is 9.47. The van der Waals surface area contributed by atoms with E-state index in [4.69, 9.17) is 5.73 Å². The first-order valence-electron chi connectivity index (χ1n) is 4.88. The summed E-state index contributed by atoms with van der Waals surface area (Å²) < 4.78 is 26.5. The fraction of sp³-hybridized carbons (Fsp3) is 0.444. The highest BCUT2D eigenvalue weighted by Gasteiger charge is 2.20. The summed E-state index contributed by atoms with van der Waals surface area (Å²) in [5.74, 6) is 1.52. The molecule has 96 valence electrons. The molecule has 17 heavy (non-hydrogen) atoms. The van der Waals surface area contributed by atoms with Crippen LogP contribution in [0.5, 0.6) is 0 Å². The van der Waals surface area contributed by atoms with Crippen LogP contribution in [-0.4, -0.2) is 31.5 Å². The minimum atomic E-state index is -3.47. The van der Waals surface area contributed by atoms with Crippen molar-refractivity contribution < 1.29 is 8.42 Å². The molecular weight excluding hydrogens is 278 g/mol. The first-order valence-corrected chi connectivity index (χ1v) is 8.34. The number of nitrogens with zero attached hydrogens (tertiary/aromatic N) is 1. The Labute approximate surface area is 110 Å². The van der Waals surface area contributed by atoms with Crippen LogP contribution in [0.25, 0.3) is 0 Å². The molecule has 0 saturated carbocycles. The summed E-state index contributed by atoms with van der Waals surface area (Å²) in [6.07, 6.45) is 1.78. The maximum atomic E-state index is 11.9. The molecule has 0 radical (unpaired) electrons. The number of hydrogen-bond donors (Lipinski definition) is 2. The molecule has 5 nitrogen and oxygen atoms in total. The standard InChI is InChI=1S/C9H15N3O2S3/c1-3-5-15-6-4-11-17(13,14)8-7(2)12-9(10)16-8/h3,11H,1,4-6H2,2H3,(H2,10,12). The normalized spacial score (nSPS) is 11.6. The average molecular weight is 293 g/mol. The van der Waals surface area contributed by atoms with E-state index in [9.17, 15) is 8.42 Å². The third-order valence-corrected chi connectivity index (χ3v) is 5.81. The first kappa shape index (κ1) is 14.5. The number of sulfonamides is 1. The van der Waals surface area contributed by atoms with Crippen LogP contribution in [0.4, 0.5) is 5.13 Å². The van der Waals surface area contributed by atoms with Gasteiger partial charge in [-0.15, -0.1) is 6.58 Å². The number of hydrogen-bond acceptors (Lipinski definition) is 6. The molecule has 0 fully saturated rings. The largest absolute Gasteiger partial charge is 0.375 e. The summed E-state index contributed by atoms with van der Waals surface area (Å²) >= 11 is 2.60. The zero-order valence-corrected chi connectivity index (χ0v) is 11.9. The van der Waals surface area contributed by atoms with Crippen molar-refractivity contribution in [1.29, 1.82) is 0 Å². The maximum Gasteiger partial charge on any atom is 0.252 e. The van der Waals surface area contributed by atoms with E-state index in [-0.39, 0.29) is 9.34 Å². The molecule has 0 aliphatic rings. The summed E-state index contributed by atoms with van der Waals surface area (Å²) in [6, 6.07) is 0. The van der Waals surface area contributed by atoms with E-state index < -0.39 is 10.0 Å². The summed E-state index contributed by atoms with van der Waals surface area (Å²) in [7, 11) is -3.47. The van der Waals surface area contributed by atoms with Crippen LogP contribution in [0.15, 0.2) is 16.9 Å². The quantitative estimate of drug-likeness (QED) is 0.583. The highest BCUT2D eigenvalue weighted by atomic mass is 32.2. The summed E-state index contributed by atoms with van der Waals surface area (Å²) in [5, 5.41) is 0.268. The van der Waals surface area contributed by atoms with Crippen LogP contribution in [0.1, 0.15) is 5.69 Å². The predicted molar refractivity (Wildman–Crippen MR) is 74.0 cm³/mol. The first-order chi connectivity index (χ1) is 7.97. The second kappa shape index (κ2) is 6.39. The predicted octanol–water partition coefficient (Wildman–Crippen LogP) is 1.23. The minimum Gasteiger partial charge on any atom is -0.375 e. The molecule has 0 aromatic carbocycles. The number of nitrogens with two attached hydrogens (primary N) is 1. The number of nitrogen functional groups attached to an aromatic ring is 1. The Morgan fingerprint density at radius 1 is 1.65 bits per heavy atom. The zero-order chi connectivity index (χ0) is 12.9. The molecule has 0 atom stereocenters. The van der Waals surface area contributed by atoms with Crippen molar-refractivity contribution in [2.75, 3.05) is 23.8 Å². The van der Waals surface area contributed by atoms with Crippen LogP contribution in [0.2, 0.25) is 0 Å². The van der Waals surface area contributed by atoms with Crippen LogP contribution in [0.3, 0.4) is 0 Å². The van der Waals surface area contributed by atoms with Gasteiger partial charge in [0.05, 0.1) is 5.69 Å². The van der Waals surface area contributed by atoms with E-state index in [0.29, 0.717) is 18.0 Å². The number of anilines is 1. The van der Waals surface area contributed by atoms with Crippen molar-refractivity contribution in [2.24, 2.45) is 0 Å². The summed E-state index contributed by atoms with van der Waals surface area (Å²) in [5.41, 5.74) is 5.91. The molecule has 3 N–H and O–H groups in total. The SMILES string of the molecule is C=CCSCCNS(=O)(=O)c1sc(N)nc1C. The average Bonchev–Trinajstić information content (AvgIpc) is 2.58. The van der Waals surface area contributed by atoms with Crippen molar-refractivity contribution in [3.8, 4) is 0 Å². The molecule has 0 aliphatic carbocycles. The number of rotatable bonds is 7. The fourth-order valence-corrected chi connectivity index (χ4v) is 4.22. The van der Waals surface area contributed by atoms with Gasteiger partial charge in [0.1, 0.15) is 0 Å². The van der Waals surface area contributed by atoms with E-state index in [0.717, 1.165) is 17.1 Å². The van der Waals surface area contributed by atoms with Crippen molar-refractivity contribution >= 4 is 38.3 Å². The lowest BCUT2D eigenvalue weighted by Crippen LogP contribution is -2.25. The molecule has 1 aromatic heterocycles. The number of aryl methyl sites for hydroxylation is 1. The van der Waals surface area contributed by atoms with Gasteiger partial charge in [-0.05, 0) is 6.92 Å². The van der Waals surface area contributed by atoms with Crippen LogP contribution in [-0.2, 0) is 10.0 Å². The van der Waals surface area contributed by atoms with Crippen LogP contribution in [0, 0.1) is 6.92 Å². The minimum absolute atomic E-state index is 0.198. The molecule has 8 heteroatoms. The van der Waals surface area contributed by atoms with E-state index in [1.54, 1.807) is 24.8 Å². The molecule has 0 bridgehead atoms. The Morgan fingerprint density at radius 2 is 2.35 bits per heavy atom. The van der Waals surface area contributed by atoms with Gasteiger partial charge in [0.2, 0.25) is 0 Å². The smallest absolute Gasteiger partial charge is 0.252 e. The Hall–Kier alpha value is -0.570. The van der Waals surface area contributed by atoms with Gasteiger partial charge in [-0.2, -0.15) is 11.8 Å². The summed E-state index contributed by atoms with van der Waals surface area (Å²) in [6.45, 7) is 5.61. The van der Waals surface area contributed by atoms with Gasteiger partial charge in [0.15, 0.2) is 9.34 Å². The fourth-order valence-electron chi connectivity index (χ4n) is 1.13. The molecule has 1 heterocycles. The lowest BCUT2D eigenvalue weighted by atomic mass is 10.6. The number of aromatic nitrogens is 1. The topological polar surface area (TPSA) is 85.1 Å². The van der Waals surface area contributed by atoms with Gasteiger partial charge in [0.25, 0.3) is 10.0 Å². The highest BCUT2D eigenvalue weighted by Crippen LogP contribution is 2.24.